The molecule has 0 aliphatic carbocycles. The van der Waals surface area contributed by atoms with Gasteiger partial charge in [-0.3, -0.25) is 9.69 Å². The largest absolute Gasteiger partial charge is 0.354 e. The van der Waals surface area contributed by atoms with Crippen molar-refractivity contribution in [2.45, 2.75) is 40.2 Å². The molecule has 4 heterocycles. The molecular weight excluding hydrogens is 350 g/mol. The number of fused-ring (bicyclic) bond motifs is 1. The van der Waals surface area contributed by atoms with Gasteiger partial charge >= 0.3 is 0 Å². The predicted octanol–water partition coefficient (Wildman–Crippen LogP) is 3.21. The van der Waals surface area contributed by atoms with Crippen LogP contribution in [0.3, 0.4) is 0 Å². The molecule has 152 valence electrons. The van der Waals surface area contributed by atoms with Gasteiger partial charge in [0.15, 0.2) is 0 Å². The van der Waals surface area contributed by atoms with Gasteiger partial charge in [-0.2, -0.15) is 0 Å². The number of piperidine rings is 1. The first-order valence-electron chi connectivity index (χ1n) is 10.7. The van der Waals surface area contributed by atoms with Gasteiger partial charge in [-0.25, -0.2) is 4.98 Å². The van der Waals surface area contributed by atoms with Crippen molar-refractivity contribution in [3.05, 3.63) is 24.0 Å². The maximum absolute atomic E-state index is 13.0. The Bertz CT molecular complexity index is 827. The number of amides is 1. The summed E-state index contributed by atoms with van der Waals surface area (Å²) in [4.78, 5) is 27.8. The first kappa shape index (κ1) is 19.2. The molecule has 2 aromatic heterocycles. The summed E-state index contributed by atoms with van der Waals surface area (Å²) in [6.45, 7) is 14.8. The molecule has 2 aliphatic rings. The van der Waals surface area contributed by atoms with Crippen molar-refractivity contribution in [2.75, 3.05) is 44.2 Å². The van der Waals surface area contributed by atoms with Crippen LogP contribution in [0.15, 0.2) is 18.3 Å². The number of aromatic amines is 1. The Morgan fingerprint density at radius 2 is 1.79 bits per heavy atom. The molecule has 0 radical (unpaired) electrons. The molecular formula is C22H33N5O. The van der Waals surface area contributed by atoms with Crippen molar-refractivity contribution >= 4 is 22.6 Å². The maximum Gasteiger partial charge on any atom is 0.270 e. The Labute approximate surface area is 167 Å². The lowest BCUT2D eigenvalue weighted by molar-refractivity contribution is 0.0618. The highest BCUT2D eigenvalue weighted by Gasteiger charge is 2.27. The summed E-state index contributed by atoms with van der Waals surface area (Å²) in [5.41, 5.74) is 1.62. The van der Waals surface area contributed by atoms with Crippen LogP contribution in [0.2, 0.25) is 0 Å². The normalized spacial score (nSPS) is 24.3. The van der Waals surface area contributed by atoms with Crippen LogP contribution in [-0.4, -0.2) is 71.0 Å². The topological polar surface area (TPSA) is 55.5 Å². The third-order valence-corrected chi connectivity index (χ3v) is 6.25. The highest BCUT2D eigenvalue weighted by Crippen LogP contribution is 2.25. The van der Waals surface area contributed by atoms with Gasteiger partial charge < -0.3 is 14.8 Å². The molecule has 4 rings (SSSR count). The molecule has 0 bridgehead atoms. The molecule has 2 atom stereocenters. The minimum atomic E-state index is 0.113. The van der Waals surface area contributed by atoms with Gasteiger partial charge in [0, 0.05) is 50.7 Å². The average Bonchev–Trinajstić information content (AvgIpc) is 3.10. The van der Waals surface area contributed by atoms with E-state index in [0.29, 0.717) is 23.6 Å². The van der Waals surface area contributed by atoms with Crippen LogP contribution < -0.4 is 4.90 Å². The molecule has 1 N–H and O–H groups in total. The second-order valence-electron chi connectivity index (χ2n) is 9.09. The van der Waals surface area contributed by atoms with Gasteiger partial charge in [-0.15, -0.1) is 0 Å². The first-order chi connectivity index (χ1) is 13.4. The summed E-state index contributed by atoms with van der Waals surface area (Å²) in [5.74, 6) is 2.25. The number of hydrogen-bond donors (Lipinski definition) is 1. The fourth-order valence-electron chi connectivity index (χ4n) is 4.77. The molecule has 2 unspecified atom stereocenters. The van der Waals surface area contributed by atoms with E-state index >= 15 is 0 Å². The van der Waals surface area contributed by atoms with Crippen LogP contribution in [0.1, 0.15) is 44.6 Å². The van der Waals surface area contributed by atoms with Gasteiger partial charge in [-0.05, 0) is 44.2 Å². The van der Waals surface area contributed by atoms with E-state index in [9.17, 15) is 4.79 Å². The molecule has 0 spiro atoms. The number of pyridine rings is 1. The van der Waals surface area contributed by atoms with Gasteiger partial charge in [0.25, 0.3) is 5.91 Å². The maximum atomic E-state index is 13.0. The lowest BCUT2D eigenvalue weighted by Crippen LogP contribution is -2.49. The highest BCUT2D eigenvalue weighted by molar-refractivity contribution is 5.98. The number of likely N-dealkylation sites (tertiary alicyclic amines) is 1. The number of nitrogens with zero attached hydrogens (tertiary/aromatic N) is 4. The van der Waals surface area contributed by atoms with Crippen LogP contribution in [0, 0.1) is 11.8 Å². The van der Waals surface area contributed by atoms with Crippen molar-refractivity contribution in [3.8, 4) is 0 Å². The molecule has 1 amide bonds. The minimum absolute atomic E-state index is 0.113. The SMILES string of the molecule is CC1CC(C)CN(C(=O)c2cc3cc(N4CCN(C(C)C)CC4)ncc3[nH]2)C1. The van der Waals surface area contributed by atoms with Gasteiger partial charge in [0.05, 0.1) is 11.7 Å². The van der Waals surface area contributed by atoms with E-state index in [1.54, 1.807) is 0 Å². The zero-order valence-electron chi connectivity index (χ0n) is 17.6. The van der Waals surface area contributed by atoms with Gasteiger partial charge in [0.2, 0.25) is 0 Å². The Hall–Kier alpha value is -2.08. The number of aromatic nitrogens is 2. The Morgan fingerprint density at radius 1 is 1.11 bits per heavy atom. The Kier molecular flexibility index (Phi) is 5.32. The van der Waals surface area contributed by atoms with E-state index in [0.717, 1.165) is 56.0 Å². The standard InChI is InChI=1S/C22H33N5O/c1-15(2)25-5-7-26(8-6-25)21-11-18-10-19(24-20(18)12-23-21)22(28)27-13-16(3)9-17(4)14-27/h10-12,15-17,24H,5-9,13-14H2,1-4H3. The third-order valence-electron chi connectivity index (χ3n) is 6.25. The molecule has 2 aromatic rings. The van der Waals surface area contributed by atoms with Gasteiger partial charge in [0.1, 0.15) is 11.5 Å². The fourth-order valence-corrected chi connectivity index (χ4v) is 4.77. The summed E-state index contributed by atoms with van der Waals surface area (Å²) < 4.78 is 0. The lowest BCUT2D eigenvalue weighted by Gasteiger charge is -2.37. The summed E-state index contributed by atoms with van der Waals surface area (Å²) in [6.07, 6.45) is 3.07. The van der Waals surface area contributed by atoms with E-state index in [1.165, 1.54) is 6.42 Å². The molecule has 2 saturated heterocycles. The molecule has 6 heteroatoms. The van der Waals surface area contributed by atoms with Crippen LogP contribution in [0.5, 0.6) is 0 Å². The Balaban J connectivity index is 1.50. The van der Waals surface area contributed by atoms with Crippen molar-refractivity contribution in [1.82, 2.24) is 19.8 Å². The quantitative estimate of drug-likeness (QED) is 0.884. The summed E-state index contributed by atoms with van der Waals surface area (Å²) >= 11 is 0. The first-order valence-corrected chi connectivity index (χ1v) is 10.7. The highest BCUT2D eigenvalue weighted by atomic mass is 16.2. The summed E-state index contributed by atoms with van der Waals surface area (Å²) in [7, 11) is 0. The van der Waals surface area contributed by atoms with Crippen molar-refractivity contribution in [2.24, 2.45) is 11.8 Å². The Morgan fingerprint density at radius 3 is 2.43 bits per heavy atom. The monoisotopic (exact) mass is 383 g/mol. The van der Waals surface area contributed by atoms with Gasteiger partial charge in [-0.1, -0.05) is 13.8 Å². The van der Waals surface area contributed by atoms with Crippen LogP contribution >= 0.6 is 0 Å². The zero-order chi connectivity index (χ0) is 19.8. The number of carbonyl (C=O) groups excluding carboxylic acids is 1. The van der Waals surface area contributed by atoms with E-state index in [4.69, 9.17) is 0 Å². The fraction of sp³-hybridized carbons (Fsp3) is 0.636. The minimum Gasteiger partial charge on any atom is -0.354 e. The van der Waals surface area contributed by atoms with Crippen LogP contribution in [0.4, 0.5) is 5.82 Å². The van der Waals surface area contributed by atoms with Crippen molar-refractivity contribution < 1.29 is 4.79 Å². The van der Waals surface area contributed by atoms with E-state index in [2.05, 4.69) is 53.5 Å². The summed E-state index contributed by atoms with van der Waals surface area (Å²) in [5, 5.41) is 1.07. The number of nitrogens with one attached hydrogen (secondary N) is 1. The zero-order valence-corrected chi connectivity index (χ0v) is 17.6. The molecule has 28 heavy (non-hydrogen) atoms. The number of piperazine rings is 1. The number of hydrogen-bond acceptors (Lipinski definition) is 4. The lowest BCUT2D eigenvalue weighted by atomic mass is 9.92. The van der Waals surface area contributed by atoms with Crippen LogP contribution in [0.25, 0.3) is 10.9 Å². The second-order valence-corrected chi connectivity index (χ2v) is 9.09. The van der Waals surface area contributed by atoms with Crippen molar-refractivity contribution in [3.63, 3.8) is 0 Å². The second kappa shape index (κ2) is 7.74. The van der Waals surface area contributed by atoms with Crippen molar-refractivity contribution in [1.29, 1.82) is 0 Å². The average molecular weight is 384 g/mol. The smallest absolute Gasteiger partial charge is 0.270 e. The van der Waals surface area contributed by atoms with Crippen LogP contribution in [-0.2, 0) is 0 Å². The molecule has 0 aromatic carbocycles. The number of rotatable bonds is 3. The summed E-state index contributed by atoms with van der Waals surface area (Å²) in [6, 6.07) is 4.71. The molecule has 2 aliphatic heterocycles. The number of H-pyrrole nitrogens is 1. The molecule has 2 fully saturated rings. The van der Waals surface area contributed by atoms with E-state index in [-0.39, 0.29) is 5.91 Å². The third kappa shape index (κ3) is 3.88. The number of anilines is 1. The molecule has 6 nitrogen and oxygen atoms in total. The van der Waals surface area contributed by atoms with E-state index < -0.39 is 0 Å². The van der Waals surface area contributed by atoms with E-state index in [1.807, 2.05) is 17.2 Å². The molecule has 0 saturated carbocycles. The predicted molar refractivity (Wildman–Crippen MR) is 114 cm³/mol. The number of carbonyl (C=O) groups is 1.